The molecule has 0 aliphatic carbocycles. The van der Waals surface area contributed by atoms with Gasteiger partial charge in [-0.25, -0.2) is 4.79 Å². The van der Waals surface area contributed by atoms with Crippen LogP contribution in [0, 0.1) is 6.92 Å². The number of hydrogen-bond donors (Lipinski definition) is 2. The Kier molecular flexibility index (Phi) is 3.98. The fourth-order valence-electron chi connectivity index (χ4n) is 1.81. The van der Waals surface area contributed by atoms with Crippen molar-refractivity contribution in [3.63, 3.8) is 0 Å². The van der Waals surface area contributed by atoms with E-state index in [-0.39, 0.29) is 8.58 Å². The largest absolute Gasteiger partial charge is 0.479 e. The Balaban J connectivity index is 2.36. The highest BCUT2D eigenvalue weighted by molar-refractivity contribution is 7.49. The molecule has 0 saturated carbocycles. The summed E-state index contributed by atoms with van der Waals surface area (Å²) in [5.74, 6) is -1.00. The average molecular weight is 273 g/mol. The summed E-state index contributed by atoms with van der Waals surface area (Å²) in [6, 6.07) is 16.8. The minimum atomic E-state index is -1.36. The van der Waals surface area contributed by atoms with Gasteiger partial charge >= 0.3 is 5.97 Å². The van der Waals surface area contributed by atoms with E-state index in [1.807, 2.05) is 37.3 Å². The van der Waals surface area contributed by atoms with E-state index in [4.69, 9.17) is 5.73 Å². The second kappa shape index (κ2) is 5.52. The van der Waals surface area contributed by atoms with Crippen LogP contribution in [0.25, 0.3) is 0 Å². The number of hydrogen-bond acceptors (Lipinski definition) is 2. The van der Waals surface area contributed by atoms with E-state index in [1.54, 1.807) is 24.3 Å². The van der Waals surface area contributed by atoms with E-state index in [0.717, 1.165) is 10.9 Å². The van der Waals surface area contributed by atoms with Gasteiger partial charge in [0.25, 0.3) is 0 Å². The first-order valence-electron chi connectivity index (χ1n) is 5.95. The number of nitrogens with two attached hydrogens (primary N) is 1. The summed E-state index contributed by atoms with van der Waals surface area (Å²) in [5.41, 5.74) is 7.92. The highest BCUT2D eigenvalue weighted by Gasteiger charge is 2.36. The number of carboxylic acid groups (broad SMARTS) is 1. The molecule has 0 heterocycles. The standard InChI is InChI=1S/C15H16NO2P/c1-11-7-9-13(10-8-11)19-15(16,14(17)18)12-5-3-2-4-6-12/h2-10,19H,16H2,1H3,(H,17,18). The van der Waals surface area contributed by atoms with Crippen LogP contribution in [0.1, 0.15) is 11.1 Å². The number of rotatable bonds is 4. The first-order chi connectivity index (χ1) is 9.02. The fourth-order valence-corrected chi connectivity index (χ4v) is 3.02. The topological polar surface area (TPSA) is 63.3 Å². The van der Waals surface area contributed by atoms with Crippen molar-refractivity contribution < 1.29 is 9.90 Å². The molecule has 0 bridgehead atoms. The maximum atomic E-state index is 11.6. The van der Waals surface area contributed by atoms with Crippen LogP contribution in [-0.2, 0) is 10.1 Å². The smallest absolute Gasteiger partial charge is 0.332 e. The van der Waals surface area contributed by atoms with E-state index in [0.29, 0.717) is 5.56 Å². The zero-order valence-electron chi connectivity index (χ0n) is 10.6. The van der Waals surface area contributed by atoms with Crippen LogP contribution in [0.3, 0.4) is 0 Å². The van der Waals surface area contributed by atoms with Gasteiger partial charge in [-0.05, 0) is 17.8 Å². The van der Waals surface area contributed by atoms with Crippen molar-refractivity contribution in [2.45, 2.75) is 12.2 Å². The van der Waals surface area contributed by atoms with E-state index in [9.17, 15) is 9.90 Å². The van der Waals surface area contributed by atoms with E-state index < -0.39 is 11.2 Å². The fraction of sp³-hybridized carbons (Fsp3) is 0.133. The van der Waals surface area contributed by atoms with E-state index in [1.165, 1.54) is 0 Å². The molecule has 0 aromatic heterocycles. The number of carboxylic acids is 1. The van der Waals surface area contributed by atoms with Gasteiger partial charge in [-0.3, -0.25) is 0 Å². The van der Waals surface area contributed by atoms with Crippen molar-refractivity contribution in [3.8, 4) is 0 Å². The molecule has 3 N–H and O–H groups in total. The first kappa shape index (κ1) is 13.7. The van der Waals surface area contributed by atoms with Gasteiger partial charge < -0.3 is 10.8 Å². The molecule has 0 saturated heterocycles. The van der Waals surface area contributed by atoms with Crippen LogP contribution in [0.15, 0.2) is 54.6 Å². The molecule has 0 amide bonds. The van der Waals surface area contributed by atoms with Crippen LogP contribution in [0.2, 0.25) is 0 Å². The van der Waals surface area contributed by atoms with Gasteiger partial charge in [0, 0.05) is 0 Å². The molecule has 2 unspecified atom stereocenters. The molecule has 2 atom stereocenters. The molecular formula is C15H16NO2P. The molecule has 4 heteroatoms. The molecule has 0 aliphatic rings. The van der Waals surface area contributed by atoms with E-state index in [2.05, 4.69) is 0 Å². The minimum Gasteiger partial charge on any atom is -0.479 e. The van der Waals surface area contributed by atoms with Gasteiger partial charge in [0.1, 0.15) is 0 Å². The molecule has 0 aliphatic heterocycles. The summed E-state index contributed by atoms with van der Waals surface area (Å²) in [5, 5.41) is 9.06. The van der Waals surface area contributed by atoms with Gasteiger partial charge in [-0.15, -0.1) is 0 Å². The Hall–Kier alpha value is -1.70. The molecule has 0 fully saturated rings. The van der Waals surface area contributed by atoms with Gasteiger partial charge in [0.05, 0.1) is 0 Å². The number of aryl methyl sites for hydroxylation is 1. The number of carbonyl (C=O) groups is 1. The highest BCUT2D eigenvalue weighted by atomic mass is 31.1. The van der Waals surface area contributed by atoms with Gasteiger partial charge in [-0.1, -0.05) is 68.7 Å². The maximum absolute atomic E-state index is 11.6. The average Bonchev–Trinajstić information content (AvgIpc) is 2.42. The van der Waals surface area contributed by atoms with Crippen LogP contribution >= 0.6 is 8.58 Å². The van der Waals surface area contributed by atoms with Crippen LogP contribution < -0.4 is 11.0 Å². The second-order valence-corrected chi connectivity index (χ2v) is 6.09. The summed E-state index contributed by atoms with van der Waals surface area (Å²) < 4.78 is 0. The van der Waals surface area contributed by atoms with Crippen LogP contribution in [0.5, 0.6) is 0 Å². The monoisotopic (exact) mass is 273 g/mol. The van der Waals surface area contributed by atoms with Crippen LogP contribution in [-0.4, -0.2) is 11.1 Å². The third kappa shape index (κ3) is 3.01. The van der Waals surface area contributed by atoms with Gasteiger partial charge in [0.2, 0.25) is 0 Å². The molecule has 0 spiro atoms. The van der Waals surface area contributed by atoms with Crippen molar-refractivity contribution in [1.82, 2.24) is 0 Å². The van der Waals surface area contributed by atoms with Crippen molar-refractivity contribution in [2.24, 2.45) is 5.73 Å². The number of aliphatic carboxylic acids is 1. The minimum absolute atomic E-state index is 0.0191. The van der Waals surface area contributed by atoms with Crippen molar-refractivity contribution in [3.05, 3.63) is 65.7 Å². The normalized spacial score (nSPS) is 14.4. The van der Waals surface area contributed by atoms with Crippen molar-refractivity contribution in [1.29, 1.82) is 0 Å². The SMILES string of the molecule is Cc1ccc(PC(N)(C(=O)O)c2ccccc2)cc1. The van der Waals surface area contributed by atoms with E-state index >= 15 is 0 Å². The molecule has 2 rings (SSSR count). The Labute approximate surface area is 114 Å². The third-order valence-electron chi connectivity index (χ3n) is 2.96. The third-order valence-corrected chi connectivity index (χ3v) is 4.48. The lowest BCUT2D eigenvalue weighted by Crippen LogP contribution is -2.41. The summed E-state index contributed by atoms with van der Waals surface area (Å²) in [6.45, 7) is 2.00. The Bertz CT molecular complexity index is 568. The highest BCUT2D eigenvalue weighted by Crippen LogP contribution is 2.36. The van der Waals surface area contributed by atoms with Crippen LogP contribution in [0.4, 0.5) is 0 Å². The summed E-state index contributed by atoms with van der Waals surface area (Å²) >= 11 is 0. The molecular weight excluding hydrogens is 257 g/mol. The first-order valence-corrected chi connectivity index (χ1v) is 6.95. The zero-order valence-corrected chi connectivity index (χ0v) is 11.6. The lowest BCUT2D eigenvalue weighted by atomic mass is 10.1. The molecule has 3 nitrogen and oxygen atoms in total. The molecule has 98 valence electrons. The van der Waals surface area contributed by atoms with Gasteiger partial charge in [0.15, 0.2) is 5.28 Å². The Morgan fingerprint density at radius 3 is 2.21 bits per heavy atom. The quantitative estimate of drug-likeness (QED) is 0.839. The molecule has 2 aromatic rings. The van der Waals surface area contributed by atoms with Crippen molar-refractivity contribution >= 4 is 19.9 Å². The molecule has 19 heavy (non-hydrogen) atoms. The predicted octanol–water partition coefficient (Wildman–Crippen LogP) is 2.20. The zero-order chi connectivity index (χ0) is 13.9. The lowest BCUT2D eigenvalue weighted by Gasteiger charge is -2.25. The second-order valence-electron chi connectivity index (χ2n) is 4.47. The Morgan fingerprint density at radius 2 is 1.68 bits per heavy atom. The molecule has 2 aromatic carbocycles. The van der Waals surface area contributed by atoms with Gasteiger partial charge in [-0.2, -0.15) is 0 Å². The number of benzene rings is 2. The summed E-state index contributed by atoms with van der Waals surface area (Å²) in [6.07, 6.45) is 0. The summed E-state index contributed by atoms with van der Waals surface area (Å²) in [7, 11) is -0.0191. The van der Waals surface area contributed by atoms with Crippen molar-refractivity contribution in [2.75, 3.05) is 0 Å². The maximum Gasteiger partial charge on any atom is 0.332 e. The summed E-state index contributed by atoms with van der Waals surface area (Å²) in [4.78, 5) is 11.6. The Morgan fingerprint density at radius 1 is 1.11 bits per heavy atom. The predicted molar refractivity (Wildman–Crippen MR) is 79.1 cm³/mol. The molecule has 0 radical (unpaired) electrons. The lowest BCUT2D eigenvalue weighted by molar-refractivity contribution is -0.140.